The number of nitrogens with one attached hydrogen (secondary N) is 1. The molecule has 18 heavy (non-hydrogen) atoms. The summed E-state index contributed by atoms with van der Waals surface area (Å²) in [4.78, 5) is 0. The first-order chi connectivity index (χ1) is 8.43. The number of hydrogen-bond acceptors (Lipinski definition) is 4. The van der Waals surface area contributed by atoms with Crippen molar-refractivity contribution in [3.8, 4) is 0 Å². The number of nitrogens with zero attached hydrogens (tertiary/aromatic N) is 1. The molecule has 1 aromatic rings. The second-order valence-corrected chi connectivity index (χ2v) is 7.72. The van der Waals surface area contributed by atoms with Crippen LogP contribution in [0.5, 0.6) is 0 Å². The quantitative estimate of drug-likeness (QED) is 0.835. The number of thiophene rings is 1. The van der Waals surface area contributed by atoms with Gasteiger partial charge in [-0.3, -0.25) is 0 Å². The van der Waals surface area contributed by atoms with Gasteiger partial charge in [0, 0.05) is 19.6 Å². The number of hydrogen-bond donors (Lipinski definition) is 1. The molecule has 0 saturated heterocycles. The third-order valence-corrected chi connectivity index (χ3v) is 6.51. The minimum absolute atomic E-state index is 0.176. The Bertz CT molecular complexity index is 443. The van der Waals surface area contributed by atoms with E-state index in [1.165, 1.54) is 15.6 Å². The van der Waals surface area contributed by atoms with E-state index in [2.05, 4.69) is 19.2 Å². The lowest BCUT2D eigenvalue weighted by atomic mass is 9.99. The lowest BCUT2D eigenvalue weighted by Gasteiger charge is -2.27. The minimum Gasteiger partial charge on any atom is -0.315 e. The van der Waals surface area contributed by atoms with Crippen LogP contribution in [0.2, 0.25) is 0 Å². The monoisotopic (exact) mass is 290 g/mol. The zero-order valence-electron chi connectivity index (χ0n) is 11.4. The molecule has 0 aliphatic heterocycles. The summed E-state index contributed by atoms with van der Waals surface area (Å²) in [6, 6.07) is 3.58. The van der Waals surface area contributed by atoms with Crippen LogP contribution in [0, 0.1) is 5.92 Å². The van der Waals surface area contributed by atoms with E-state index in [1.54, 1.807) is 24.6 Å². The van der Waals surface area contributed by atoms with Crippen LogP contribution < -0.4 is 5.32 Å². The molecule has 104 valence electrons. The maximum Gasteiger partial charge on any atom is 0.252 e. The van der Waals surface area contributed by atoms with Crippen LogP contribution in [0.3, 0.4) is 0 Å². The van der Waals surface area contributed by atoms with Crippen LogP contribution in [-0.4, -0.2) is 39.4 Å². The van der Waals surface area contributed by atoms with E-state index in [1.807, 2.05) is 7.05 Å². The predicted octanol–water partition coefficient (Wildman–Crippen LogP) is 2.00. The van der Waals surface area contributed by atoms with Crippen LogP contribution in [0.25, 0.3) is 0 Å². The van der Waals surface area contributed by atoms with Gasteiger partial charge in [-0.15, -0.1) is 11.3 Å². The molecule has 0 aliphatic rings. The first kappa shape index (κ1) is 15.6. The van der Waals surface area contributed by atoms with E-state index in [9.17, 15) is 8.42 Å². The Kier molecular flexibility index (Phi) is 5.78. The van der Waals surface area contributed by atoms with Gasteiger partial charge in [-0.25, -0.2) is 8.42 Å². The van der Waals surface area contributed by atoms with E-state index in [4.69, 9.17) is 0 Å². The standard InChI is InChI=1S/C12H22N2O2S2/c1-5-10(2)11(13-3)9-14(4)18(15,16)12-7-6-8-17-12/h6-8,10-11,13H,5,9H2,1-4H3/t10?,11-/m1/s1. The average Bonchev–Trinajstić information content (AvgIpc) is 2.88. The second kappa shape index (κ2) is 6.65. The fraction of sp³-hybridized carbons (Fsp3) is 0.667. The number of sulfonamides is 1. The lowest BCUT2D eigenvalue weighted by Crippen LogP contribution is -2.43. The fourth-order valence-electron chi connectivity index (χ4n) is 1.78. The normalized spacial score (nSPS) is 15.8. The molecule has 1 unspecified atom stereocenters. The first-order valence-electron chi connectivity index (χ1n) is 6.10. The predicted molar refractivity (Wildman–Crippen MR) is 76.4 cm³/mol. The second-order valence-electron chi connectivity index (χ2n) is 4.50. The Hall–Kier alpha value is -0.430. The van der Waals surface area contributed by atoms with Crippen LogP contribution in [0.4, 0.5) is 0 Å². The largest absolute Gasteiger partial charge is 0.315 e. The van der Waals surface area contributed by atoms with Gasteiger partial charge in [-0.2, -0.15) is 4.31 Å². The Balaban J connectivity index is 2.79. The molecule has 6 heteroatoms. The highest BCUT2D eigenvalue weighted by molar-refractivity contribution is 7.91. The Morgan fingerprint density at radius 2 is 2.17 bits per heavy atom. The summed E-state index contributed by atoms with van der Waals surface area (Å²) in [5.41, 5.74) is 0. The highest BCUT2D eigenvalue weighted by atomic mass is 32.2. The van der Waals surface area contributed by atoms with Crippen molar-refractivity contribution >= 4 is 21.4 Å². The van der Waals surface area contributed by atoms with Gasteiger partial charge in [0.05, 0.1) is 0 Å². The van der Waals surface area contributed by atoms with E-state index in [0.29, 0.717) is 16.7 Å². The molecule has 1 aromatic heterocycles. The van der Waals surface area contributed by atoms with Crippen molar-refractivity contribution in [3.63, 3.8) is 0 Å². The number of rotatable bonds is 7. The summed E-state index contributed by atoms with van der Waals surface area (Å²) >= 11 is 1.26. The van der Waals surface area contributed by atoms with Crippen molar-refractivity contribution in [2.45, 2.75) is 30.5 Å². The number of likely N-dealkylation sites (N-methyl/N-ethyl adjacent to an activating group) is 2. The summed E-state index contributed by atoms with van der Waals surface area (Å²) < 4.78 is 26.4. The van der Waals surface area contributed by atoms with Gasteiger partial charge in [0.25, 0.3) is 10.0 Å². The molecule has 0 saturated carbocycles. The van der Waals surface area contributed by atoms with E-state index in [-0.39, 0.29) is 6.04 Å². The van der Waals surface area contributed by atoms with Gasteiger partial charge in [0.15, 0.2) is 0 Å². The molecule has 0 bridgehead atoms. The molecule has 1 rings (SSSR count). The third-order valence-electron chi connectivity index (χ3n) is 3.32. The molecular formula is C12H22N2O2S2. The fourth-order valence-corrected chi connectivity index (χ4v) is 4.18. The van der Waals surface area contributed by atoms with Gasteiger partial charge in [-0.05, 0) is 24.4 Å². The third kappa shape index (κ3) is 3.54. The molecule has 2 atom stereocenters. The van der Waals surface area contributed by atoms with Crippen LogP contribution in [-0.2, 0) is 10.0 Å². The molecule has 0 amide bonds. The average molecular weight is 290 g/mol. The van der Waals surface area contributed by atoms with E-state index in [0.717, 1.165) is 6.42 Å². The smallest absolute Gasteiger partial charge is 0.252 e. The van der Waals surface area contributed by atoms with Gasteiger partial charge in [-0.1, -0.05) is 26.3 Å². The molecule has 0 aliphatic carbocycles. The highest BCUT2D eigenvalue weighted by Crippen LogP contribution is 2.20. The van der Waals surface area contributed by atoms with E-state index >= 15 is 0 Å². The van der Waals surface area contributed by atoms with Crippen molar-refractivity contribution in [1.29, 1.82) is 0 Å². The van der Waals surface area contributed by atoms with Crippen molar-refractivity contribution in [3.05, 3.63) is 17.5 Å². The maximum atomic E-state index is 12.3. The summed E-state index contributed by atoms with van der Waals surface area (Å²) in [6.45, 7) is 4.74. The van der Waals surface area contributed by atoms with Crippen LogP contribution in [0.15, 0.2) is 21.7 Å². The van der Waals surface area contributed by atoms with Crippen LogP contribution >= 0.6 is 11.3 Å². The van der Waals surface area contributed by atoms with Crippen LogP contribution in [0.1, 0.15) is 20.3 Å². The summed E-state index contributed by atoms with van der Waals surface area (Å²) in [5.74, 6) is 0.441. The van der Waals surface area contributed by atoms with Gasteiger partial charge < -0.3 is 5.32 Å². The highest BCUT2D eigenvalue weighted by Gasteiger charge is 2.25. The Morgan fingerprint density at radius 1 is 1.50 bits per heavy atom. The Labute approximate surface area is 114 Å². The van der Waals surface area contributed by atoms with Crippen molar-refractivity contribution in [2.75, 3.05) is 20.6 Å². The lowest BCUT2D eigenvalue weighted by molar-refractivity contribution is 0.324. The first-order valence-corrected chi connectivity index (χ1v) is 8.42. The zero-order valence-corrected chi connectivity index (χ0v) is 13.0. The summed E-state index contributed by atoms with van der Waals surface area (Å²) in [5, 5.41) is 4.98. The topological polar surface area (TPSA) is 49.4 Å². The molecule has 0 fully saturated rings. The van der Waals surface area contributed by atoms with Gasteiger partial charge in [0.2, 0.25) is 0 Å². The molecule has 4 nitrogen and oxygen atoms in total. The molecule has 1 N–H and O–H groups in total. The van der Waals surface area contributed by atoms with Crippen molar-refractivity contribution < 1.29 is 8.42 Å². The SMILES string of the molecule is CCC(C)[C@@H](CN(C)S(=O)(=O)c1cccs1)NC. The maximum absolute atomic E-state index is 12.3. The van der Waals surface area contributed by atoms with E-state index < -0.39 is 10.0 Å². The van der Waals surface area contributed by atoms with Gasteiger partial charge in [0.1, 0.15) is 4.21 Å². The zero-order chi connectivity index (χ0) is 13.8. The Morgan fingerprint density at radius 3 is 2.61 bits per heavy atom. The minimum atomic E-state index is -3.33. The molecule has 1 heterocycles. The molecule has 0 aromatic carbocycles. The van der Waals surface area contributed by atoms with Crippen molar-refractivity contribution in [1.82, 2.24) is 9.62 Å². The summed E-state index contributed by atoms with van der Waals surface area (Å²) in [7, 11) is 0.187. The van der Waals surface area contributed by atoms with Gasteiger partial charge >= 0.3 is 0 Å². The molecular weight excluding hydrogens is 268 g/mol. The van der Waals surface area contributed by atoms with Crippen molar-refractivity contribution in [2.24, 2.45) is 5.92 Å². The summed E-state index contributed by atoms with van der Waals surface area (Å²) in [6.07, 6.45) is 1.03. The molecule has 0 radical (unpaired) electrons. The molecule has 0 spiro atoms.